The smallest absolute Gasteiger partial charge is 0.274 e. The molecule has 1 aromatic heterocycles. The van der Waals surface area contributed by atoms with Crippen molar-refractivity contribution in [3.05, 3.63) is 63.9 Å². The van der Waals surface area contributed by atoms with E-state index >= 15 is 0 Å². The lowest BCUT2D eigenvalue weighted by molar-refractivity contribution is -0.132. The standard InChI is InChI=1S/C22H22ClN3O2/c23-17-10-8-16(9-11-17)21-18-6-2-3-7-19(18)22(28)26(24-21)15-12-20(27)25-13-4-1-5-14-25/h2-3,6-11H,1,4-5,12-15H2. The van der Waals surface area contributed by atoms with Crippen molar-refractivity contribution in [1.82, 2.24) is 14.7 Å². The molecule has 2 heterocycles. The molecular weight excluding hydrogens is 374 g/mol. The van der Waals surface area contributed by atoms with Crippen LogP contribution in [-0.2, 0) is 11.3 Å². The van der Waals surface area contributed by atoms with Gasteiger partial charge in [-0.05, 0) is 37.5 Å². The van der Waals surface area contributed by atoms with Crippen LogP contribution >= 0.6 is 11.6 Å². The van der Waals surface area contributed by atoms with Crippen molar-refractivity contribution < 1.29 is 4.79 Å². The summed E-state index contributed by atoms with van der Waals surface area (Å²) in [5.74, 6) is 0.0922. The average Bonchev–Trinajstić information content (AvgIpc) is 2.74. The van der Waals surface area contributed by atoms with Gasteiger partial charge in [0.25, 0.3) is 5.56 Å². The number of piperidine rings is 1. The van der Waals surface area contributed by atoms with Crippen LogP contribution in [0.3, 0.4) is 0 Å². The Morgan fingerprint density at radius 3 is 2.36 bits per heavy atom. The van der Waals surface area contributed by atoms with Gasteiger partial charge in [-0.3, -0.25) is 9.59 Å². The minimum absolute atomic E-state index is 0.0922. The van der Waals surface area contributed by atoms with Crippen molar-refractivity contribution in [2.75, 3.05) is 13.1 Å². The Balaban J connectivity index is 1.68. The summed E-state index contributed by atoms with van der Waals surface area (Å²) in [6.07, 6.45) is 3.58. The van der Waals surface area contributed by atoms with Gasteiger partial charge in [0.1, 0.15) is 0 Å². The van der Waals surface area contributed by atoms with Gasteiger partial charge in [0.05, 0.1) is 17.6 Å². The predicted molar refractivity (Wildman–Crippen MR) is 111 cm³/mol. The SMILES string of the molecule is O=C(CCn1nc(-c2ccc(Cl)cc2)c2ccccc2c1=O)N1CCCCC1. The molecule has 1 fully saturated rings. The summed E-state index contributed by atoms with van der Waals surface area (Å²) >= 11 is 6.01. The van der Waals surface area contributed by atoms with Gasteiger partial charge >= 0.3 is 0 Å². The zero-order chi connectivity index (χ0) is 19.5. The van der Waals surface area contributed by atoms with Gasteiger partial charge in [-0.15, -0.1) is 0 Å². The predicted octanol–water partition coefficient (Wildman–Crippen LogP) is 4.12. The van der Waals surface area contributed by atoms with E-state index in [1.54, 1.807) is 0 Å². The van der Waals surface area contributed by atoms with Crippen molar-refractivity contribution in [1.29, 1.82) is 0 Å². The normalized spacial score (nSPS) is 14.4. The zero-order valence-electron chi connectivity index (χ0n) is 15.6. The second-order valence-electron chi connectivity index (χ2n) is 7.12. The van der Waals surface area contributed by atoms with Crippen molar-refractivity contribution in [2.45, 2.75) is 32.2 Å². The number of aromatic nitrogens is 2. The number of carbonyl (C=O) groups is 1. The number of nitrogens with zero attached hydrogens (tertiary/aromatic N) is 3. The van der Waals surface area contributed by atoms with Crippen LogP contribution in [-0.4, -0.2) is 33.7 Å². The maximum Gasteiger partial charge on any atom is 0.274 e. The van der Waals surface area contributed by atoms with Gasteiger partial charge in [0.15, 0.2) is 0 Å². The number of amides is 1. The molecule has 6 heteroatoms. The Hall–Kier alpha value is -2.66. The first-order chi connectivity index (χ1) is 13.6. The van der Waals surface area contributed by atoms with Crippen LogP contribution in [0.5, 0.6) is 0 Å². The summed E-state index contributed by atoms with van der Waals surface area (Å²) in [6, 6.07) is 14.9. The van der Waals surface area contributed by atoms with Gasteiger partial charge in [-0.1, -0.05) is 41.9 Å². The van der Waals surface area contributed by atoms with Crippen LogP contribution in [0.2, 0.25) is 5.02 Å². The van der Waals surface area contributed by atoms with Crippen molar-refractivity contribution in [3.8, 4) is 11.3 Å². The first-order valence-corrected chi connectivity index (χ1v) is 10.0. The summed E-state index contributed by atoms with van der Waals surface area (Å²) in [4.78, 5) is 27.3. The van der Waals surface area contributed by atoms with E-state index in [0.29, 0.717) is 10.4 Å². The zero-order valence-corrected chi connectivity index (χ0v) is 16.4. The molecule has 0 atom stereocenters. The Morgan fingerprint density at radius 1 is 0.964 bits per heavy atom. The van der Waals surface area contributed by atoms with E-state index in [1.807, 2.05) is 53.4 Å². The molecule has 0 N–H and O–H groups in total. The highest BCUT2D eigenvalue weighted by molar-refractivity contribution is 6.30. The van der Waals surface area contributed by atoms with Gasteiger partial charge < -0.3 is 4.90 Å². The summed E-state index contributed by atoms with van der Waals surface area (Å²) in [5, 5.41) is 6.66. The Morgan fingerprint density at radius 2 is 1.64 bits per heavy atom. The van der Waals surface area contributed by atoms with Crippen LogP contribution in [0.4, 0.5) is 0 Å². The maximum atomic E-state index is 12.9. The number of halogens is 1. The van der Waals surface area contributed by atoms with Crippen LogP contribution in [0.25, 0.3) is 22.0 Å². The molecule has 1 saturated heterocycles. The van der Waals surface area contributed by atoms with E-state index in [-0.39, 0.29) is 24.4 Å². The summed E-state index contributed by atoms with van der Waals surface area (Å²) in [7, 11) is 0. The molecule has 28 heavy (non-hydrogen) atoms. The van der Waals surface area contributed by atoms with Crippen LogP contribution in [0, 0.1) is 0 Å². The molecule has 1 amide bonds. The van der Waals surface area contributed by atoms with Crippen molar-refractivity contribution >= 4 is 28.3 Å². The monoisotopic (exact) mass is 395 g/mol. The highest BCUT2D eigenvalue weighted by Gasteiger charge is 2.18. The lowest BCUT2D eigenvalue weighted by Gasteiger charge is -2.26. The van der Waals surface area contributed by atoms with E-state index in [4.69, 9.17) is 11.6 Å². The topological polar surface area (TPSA) is 55.2 Å². The largest absolute Gasteiger partial charge is 0.343 e. The summed E-state index contributed by atoms with van der Waals surface area (Å²) in [5.41, 5.74) is 1.44. The van der Waals surface area contributed by atoms with Crippen molar-refractivity contribution in [3.63, 3.8) is 0 Å². The highest BCUT2D eigenvalue weighted by atomic mass is 35.5. The molecule has 2 aromatic carbocycles. The molecule has 0 radical (unpaired) electrons. The van der Waals surface area contributed by atoms with E-state index in [9.17, 15) is 9.59 Å². The van der Waals surface area contributed by atoms with Crippen LogP contribution < -0.4 is 5.56 Å². The minimum atomic E-state index is -0.167. The minimum Gasteiger partial charge on any atom is -0.343 e. The molecule has 144 valence electrons. The molecule has 4 rings (SSSR count). The van der Waals surface area contributed by atoms with Gasteiger partial charge in [0.2, 0.25) is 5.91 Å². The van der Waals surface area contributed by atoms with E-state index in [1.165, 1.54) is 11.1 Å². The second-order valence-corrected chi connectivity index (χ2v) is 7.56. The Bertz CT molecular complexity index is 1050. The molecule has 0 bridgehead atoms. The highest BCUT2D eigenvalue weighted by Crippen LogP contribution is 2.25. The molecule has 0 saturated carbocycles. The molecular formula is C22H22ClN3O2. The number of benzene rings is 2. The summed E-state index contributed by atoms with van der Waals surface area (Å²) < 4.78 is 1.42. The lowest BCUT2D eigenvalue weighted by atomic mass is 10.1. The first kappa shape index (κ1) is 18.7. The number of likely N-dealkylation sites (tertiary alicyclic amines) is 1. The second kappa shape index (κ2) is 8.15. The number of fused-ring (bicyclic) bond motifs is 1. The third kappa shape index (κ3) is 3.80. The molecule has 1 aliphatic rings. The first-order valence-electron chi connectivity index (χ1n) is 9.67. The van der Waals surface area contributed by atoms with E-state index in [0.717, 1.165) is 42.6 Å². The molecule has 0 spiro atoms. The van der Waals surface area contributed by atoms with E-state index < -0.39 is 0 Å². The number of hydrogen-bond donors (Lipinski definition) is 0. The third-order valence-electron chi connectivity index (χ3n) is 5.23. The average molecular weight is 396 g/mol. The number of aryl methyl sites for hydroxylation is 1. The fourth-order valence-corrected chi connectivity index (χ4v) is 3.84. The quantitative estimate of drug-likeness (QED) is 0.667. The Kier molecular flexibility index (Phi) is 5.44. The summed E-state index contributed by atoms with van der Waals surface area (Å²) in [6.45, 7) is 1.91. The number of hydrogen-bond acceptors (Lipinski definition) is 3. The Labute approximate surface area is 168 Å². The molecule has 0 unspecified atom stereocenters. The number of carbonyl (C=O) groups excluding carboxylic acids is 1. The number of rotatable bonds is 4. The van der Waals surface area contributed by atoms with Crippen molar-refractivity contribution in [2.24, 2.45) is 0 Å². The molecule has 3 aromatic rings. The van der Waals surface area contributed by atoms with Crippen LogP contribution in [0.15, 0.2) is 53.3 Å². The molecule has 0 aliphatic carbocycles. The lowest BCUT2D eigenvalue weighted by Crippen LogP contribution is -2.36. The molecule has 5 nitrogen and oxygen atoms in total. The third-order valence-corrected chi connectivity index (χ3v) is 5.48. The van der Waals surface area contributed by atoms with Gasteiger partial charge in [0, 0.05) is 35.5 Å². The maximum absolute atomic E-state index is 12.9. The van der Waals surface area contributed by atoms with Gasteiger partial charge in [-0.25, -0.2) is 4.68 Å². The van der Waals surface area contributed by atoms with Crippen LogP contribution in [0.1, 0.15) is 25.7 Å². The fraction of sp³-hybridized carbons (Fsp3) is 0.318. The van der Waals surface area contributed by atoms with E-state index in [2.05, 4.69) is 5.10 Å². The van der Waals surface area contributed by atoms with Gasteiger partial charge in [-0.2, -0.15) is 5.10 Å². The fourth-order valence-electron chi connectivity index (χ4n) is 3.71. The molecule has 1 aliphatic heterocycles.